The van der Waals surface area contributed by atoms with Crippen molar-refractivity contribution in [1.29, 1.82) is 0 Å². The minimum absolute atomic E-state index is 0.111. The highest BCUT2D eigenvalue weighted by Crippen LogP contribution is 2.60. The van der Waals surface area contributed by atoms with Crippen molar-refractivity contribution in [2.75, 3.05) is 27.9 Å². The van der Waals surface area contributed by atoms with E-state index in [-0.39, 0.29) is 23.2 Å². The first kappa shape index (κ1) is 14.1. The molecular formula is C14H20O5. The van der Waals surface area contributed by atoms with E-state index >= 15 is 0 Å². The number of esters is 1. The zero-order valence-corrected chi connectivity index (χ0v) is 11.5. The molecular weight excluding hydrogens is 248 g/mol. The Morgan fingerprint density at radius 1 is 1.42 bits per heavy atom. The van der Waals surface area contributed by atoms with Crippen molar-refractivity contribution in [3.05, 3.63) is 24.0 Å². The molecule has 5 nitrogen and oxygen atoms in total. The van der Waals surface area contributed by atoms with Gasteiger partial charge in [0.2, 0.25) is 0 Å². The van der Waals surface area contributed by atoms with Gasteiger partial charge in [0, 0.05) is 5.41 Å². The number of ether oxygens (including phenoxy) is 2. The van der Waals surface area contributed by atoms with Crippen molar-refractivity contribution in [2.24, 2.45) is 17.3 Å². The van der Waals surface area contributed by atoms with Crippen LogP contribution in [0.2, 0.25) is 0 Å². The summed E-state index contributed by atoms with van der Waals surface area (Å²) in [5.74, 6) is 0.814. The fourth-order valence-electron chi connectivity index (χ4n) is 2.80. The summed E-state index contributed by atoms with van der Waals surface area (Å²) in [4.78, 5) is 21.5. The van der Waals surface area contributed by atoms with E-state index in [0.29, 0.717) is 6.61 Å². The summed E-state index contributed by atoms with van der Waals surface area (Å²) in [6, 6.07) is 0. The average Bonchev–Trinajstić information content (AvgIpc) is 3.20. The number of carbonyl (C=O) groups excluding carboxylic acids is 1. The lowest BCUT2D eigenvalue weighted by Gasteiger charge is -2.26. The van der Waals surface area contributed by atoms with Crippen molar-refractivity contribution in [3.63, 3.8) is 0 Å². The summed E-state index contributed by atoms with van der Waals surface area (Å²) in [5.41, 5.74) is -0.213. The molecule has 1 saturated carbocycles. The second-order valence-electron chi connectivity index (χ2n) is 4.95. The third kappa shape index (κ3) is 2.67. The van der Waals surface area contributed by atoms with Crippen molar-refractivity contribution >= 4 is 5.97 Å². The maximum Gasteiger partial charge on any atom is 0.309 e. The SMILES string of the molecule is COOCC1(C2C=CC(OC)=CC2)CC1C(=O)OC. The molecule has 0 amide bonds. The molecule has 2 aliphatic carbocycles. The zero-order valence-electron chi connectivity index (χ0n) is 11.5. The molecule has 3 atom stereocenters. The van der Waals surface area contributed by atoms with Gasteiger partial charge in [0.1, 0.15) is 5.76 Å². The minimum atomic E-state index is -0.213. The van der Waals surface area contributed by atoms with E-state index in [1.54, 1.807) is 7.11 Å². The van der Waals surface area contributed by atoms with Gasteiger partial charge in [-0.05, 0) is 30.9 Å². The van der Waals surface area contributed by atoms with E-state index < -0.39 is 0 Å². The van der Waals surface area contributed by atoms with Crippen molar-refractivity contribution in [2.45, 2.75) is 12.8 Å². The molecule has 0 aromatic rings. The van der Waals surface area contributed by atoms with Crippen molar-refractivity contribution in [1.82, 2.24) is 0 Å². The van der Waals surface area contributed by atoms with Crippen LogP contribution in [0.4, 0.5) is 0 Å². The van der Waals surface area contributed by atoms with Crippen LogP contribution < -0.4 is 0 Å². The molecule has 2 rings (SSSR count). The third-order valence-corrected chi connectivity index (χ3v) is 4.09. The first-order valence-electron chi connectivity index (χ1n) is 6.33. The van der Waals surface area contributed by atoms with Gasteiger partial charge < -0.3 is 9.47 Å². The van der Waals surface area contributed by atoms with Gasteiger partial charge in [-0.25, -0.2) is 9.78 Å². The molecule has 2 aliphatic rings. The monoisotopic (exact) mass is 268 g/mol. The Morgan fingerprint density at radius 2 is 2.21 bits per heavy atom. The van der Waals surface area contributed by atoms with Gasteiger partial charge in [-0.15, -0.1) is 0 Å². The summed E-state index contributed by atoms with van der Waals surface area (Å²) in [5, 5.41) is 0. The maximum absolute atomic E-state index is 11.7. The van der Waals surface area contributed by atoms with Gasteiger partial charge in [0.15, 0.2) is 0 Å². The van der Waals surface area contributed by atoms with Gasteiger partial charge in [-0.1, -0.05) is 6.08 Å². The Bertz CT molecular complexity index is 401. The van der Waals surface area contributed by atoms with Crippen LogP contribution in [-0.4, -0.2) is 33.9 Å². The summed E-state index contributed by atoms with van der Waals surface area (Å²) in [6.45, 7) is 0.397. The number of allylic oxidation sites excluding steroid dienone is 3. The lowest BCUT2D eigenvalue weighted by atomic mass is 9.82. The predicted molar refractivity (Wildman–Crippen MR) is 67.9 cm³/mol. The second kappa shape index (κ2) is 5.75. The standard InChI is InChI=1S/C14H20O5/c1-16-11-6-4-10(5-7-11)14(9-19-18-3)8-12(14)13(15)17-2/h4,6-7,10,12H,5,8-9H2,1-3H3. The fourth-order valence-corrected chi connectivity index (χ4v) is 2.80. The number of hydrogen-bond acceptors (Lipinski definition) is 5. The smallest absolute Gasteiger partial charge is 0.309 e. The van der Waals surface area contributed by atoms with Crippen molar-refractivity contribution in [3.8, 4) is 0 Å². The fraction of sp³-hybridized carbons (Fsp3) is 0.643. The van der Waals surface area contributed by atoms with Crippen LogP contribution in [0.25, 0.3) is 0 Å². The maximum atomic E-state index is 11.7. The Kier molecular flexibility index (Phi) is 4.27. The van der Waals surface area contributed by atoms with Crippen LogP contribution >= 0.6 is 0 Å². The van der Waals surface area contributed by atoms with Gasteiger partial charge in [0.25, 0.3) is 0 Å². The first-order chi connectivity index (χ1) is 9.17. The summed E-state index contributed by atoms with van der Waals surface area (Å²) in [6.07, 6.45) is 7.66. The Morgan fingerprint density at radius 3 is 2.74 bits per heavy atom. The molecule has 3 unspecified atom stereocenters. The van der Waals surface area contributed by atoms with Gasteiger partial charge in [-0.3, -0.25) is 4.79 Å². The highest BCUT2D eigenvalue weighted by atomic mass is 17.2. The van der Waals surface area contributed by atoms with Crippen LogP contribution in [0.1, 0.15) is 12.8 Å². The predicted octanol–water partition coefficient (Wildman–Crippen LogP) is 1.85. The molecule has 0 aliphatic heterocycles. The second-order valence-corrected chi connectivity index (χ2v) is 4.95. The number of methoxy groups -OCH3 is 2. The molecule has 0 spiro atoms. The van der Waals surface area contributed by atoms with Crippen LogP contribution in [-0.2, 0) is 24.0 Å². The van der Waals surface area contributed by atoms with Crippen LogP contribution in [0.3, 0.4) is 0 Å². The summed E-state index contributed by atoms with van der Waals surface area (Å²) in [7, 11) is 4.54. The molecule has 0 heterocycles. The van der Waals surface area contributed by atoms with E-state index in [1.165, 1.54) is 14.2 Å². The number of rotatable bonds is 6. The van der Waals surface area contributed by atoms with Gasteiger partial charge in [-0.2, -0.15) is 0 Å². The molecule has 0 N–H and O–H groups in total. The first-order valence-corrected chi connectivity index (χ1v) is 6.33. The lowest BCUT2D eigenvalue weighted by Crippen LogP contribution is -2.26. The van der Waals surface area contributed by atoms with E-state index in [1.807, 2.05) is 12.2 Å². The normalized spacial score (nSPS) is 32.7. The van der Waals surface area contributed by atoms with E-state index in [0.717, 1.165) is 18.6 Å². The largest absolute Gasteiger partial charge is 0.497 e. The molecule has 0 bridgehead atoms. The molecule has 5 heteroatoms. The topological polar surface area (TPSA) is 54.0 Å². The Hall–Kier alpha value is -1.33. The number of carbonyl (C=O) groups is 1. The van der Waals surface area contributed by atoms with Crippen LogP contribution in [0.5, 0.6) is 0 Å². The average molecular weight is 268 g/mol. The molecule has 0 aromatic heterocycles. The molecule has 0 aromatic carbocycles. The molecule has 0 radical (unpaired) electrons. The van der Waals surface area contributed by atoms with Gasteiger partial charge in [0.05, 0.1) is 33.9 Å². The van der Waals surface area contributed by atoms with E-state index in [4.69, 9.17) is 19.2 Å². The van der Waals surface area contributed by atoms with Gasteiger partial charge >= 0.3 is 5.97 Å². The quantitative estimate of drug-likeness (QED) is 0.418. The lowest BCUT2D eigenvalue weighted by molar-refractivity contribution is -0.285. The van der Waals surface area contributed by atoms with Crippen molar-refractivity contribution < 1.29 is 24.0 Å². The molecule has 0 saturated heterocycles. The minimum Gasteiger partial charge on any atom is -0.497 e. The molecule has 1 fully saturated rings. The summed E-state index contributed by atoms with van der Waals surface area (Å²) >= 11 is 0. The Balaban J connectivity index is 2.07. The zero-order chi connectivity index (χ0) is 13.9. The van der Waals surface area contributed by atoms with Crippen LogP contribution in [0.15, 0.2) is 24.0 Å². The summed E-state index contributed by atoms with van der Waals surface area (Å²) < 4.78 is 10.0. The van der Waals surface area contributed by atoms with E-state index in [9.17, 15) is 4.79 Å². The third-order valence-electron chi connectivity index (χ3n) is 4.09. The molecule has 19 heavy (non-hydrogen) atoms. The number of hydrogen-bond donors (Lipinski definition) is 0. The molecule has 106 valence electrons. The highest BCUT2D eigenvalue weighted by molar-refractivity contribution is 5.77. The van der Waals surface area contributed by atoms with Crippen LogP contribution in [0, 0.1) is 17.3 Å². The Labute approximate surface area is 113 Å². The van der Waals surface area contributed by atoms with E-state index in [2.05, 4.69) is 6.08 Å². The highest BCUT2D eigenvalue weighted by Gasteiger charge is 2.62.